The average molecular weight is 371 g/mol. The van der Waals surface area contributed by atoms with Crippen molar-refractivity contribution in [2.75, 3.05) is 31.6 Å². The molecule has 0 aliphatic carbocycles. The average Bonchev–Trinajstić information content (AvgIpc) is 3.39. The maximum atomic E-state index is 12.9. The van der Waals surface area contributed by atoms with Gasteiger partial charge in [-0.25, -0.2) is 14.8 Å². The fraction of sp³-hybridized carbons (Fsp3) is 0.556. The molecule has 0 aromatic carbocycles. The van der Waals surface area contributed by atoms with Crippen molar-refractivity contribution in [3.05, 3.63) is 36.5 Å². The molecule has 2 aliphatic heterocycles. The lowest BCUT2D eigenvalue weighted by Gasteiger charge is -2.34. The highest BCUT2D eigenvalue weighted by molar-refractivity contribution is 5.75. The molecule has 0 unspecified atom stereocenters. The van der Waals surface area contributed by atoms with Crippen LogP contribution in [0.15, 0.2) is 30.7 Å². The third kappa shape index (κ3) is 3.87. The molecule has 0 bridgehead atoms. The first kappa shape index (κ1) is 17.7. The number of carbonyl (C=O) groups excluding carboxylic acids is 1. The molecule has 2 aliphatic rings. The Kier molecular flexibility index (Phi) is 5.19. The quantitative estimate of drug-likeness (QED) is 0.841. The van der Waals surface area contributed by atoms with Crippen LogP contribution in [-0.4, -0.2) is 70.0 Å². The molecule has 27 heavy (non-hydrogen) atoms. The number of aromatic amines is 1. The molecule has 2 aromatic heterocycles. The maximum absolute atomic E-state index is 12.9. The van der Waals surface area contributed by atoms with E-state index in [0.29, 0.717) is 12.4 Å². The molecule has 0 saturated carbocycles. The number of likely N-dealkylation sites (tertiary alicyclic amines) is 1. The van der Waals surface area contributed by atoms with E-state index in [1.165, 1.54) is 6.33 Å². The first-order valence-corrected chi connectivity index (χ1v) is 9.35. The number of methoxy groups -OCH3 is 1. The van der Waals surface area contributed by atoms with Crippen molar-refractivity contribution < 1.29 is 9.53 Å². The molecular weight excluding hydrogens is 346 g/mol. The number of H-pyrrole nitrogens is 1. The van der Waals surface area contributed by atoms with E-state index in [1.807, 2.05) is 24.4 Å². The number of urea groups is 1. The van der Waals surface area contributed by atoms with Gasteiger partial charge in [0.15, 0.2) is 0 Å². The molecule has 2 atom stereocenters. The Morgan fingerprint density at radius 1 is 1.30 bits per heavy atom. The molecule has 2 aromatic rings. The number of piperidine rings is 1. The zero-order valence-electron chi connectivity index (χ0n) is 15.4. The zero-order chi connectivity index (χ0) is 18.6. The summed E-state index contributed by atoms with van der Waals surface area (Å²) in [7, 11) is 1.68. The highest BCUT2D eigenvalue weighted by Gasteiger charge is 2.38. The summed E-state index contributed by atoms with van der Waals surface area (Å²) in [6, 6.07) is 5.91. The predicted octanol–water partition coefficient (Wildman–Crippen LogP) is 1.34. The van der Waals surface area contributed by atoms with Gasteiger partial charge in [-0.15, -0.1) is 0 Å². The second-order valence-electron chi connectivity index (χ2n) is 7.03. The Balaban J connectivity index is 1.35. The van der Waals surface area contributed by atoms with E-state index >= 15 is 0 Å². The molecular formula is C18H25N7O2. The van der Waals surface area contributed by atoms with Crippen molar-refractivity contribution in [3.63, 3.8) is 0 Å². The first-order chi connectivity index (χ1) is 13.2. The SMILES string of the molecule is CO[C@@H]1C[C@@H](c2ncn[nH]2)N(C(=O)NC2CCN(c3ccccn3)CC2)C1. The fourth-order valence-corrected chi connectivity index (χ4v) is 3.88. The lowest BCUT2D eigenvalue weighted by molar-refractivity contribution is 0.110. The maximum Gasteiger partial charge on any atom is 0.318 e. The number of carbonyl (C=O) groups is 1. The molecule has 144 valence electrons. The van der Waals surface area contributed by atoms with Crippen LogP contribution in [0.5, 0.6) is 0 Å². The minimum absolute atomic E-state index is 0.0110. The Morgan fingerprint density at radius 2 is 2.15 bits per heavy atom. The number of hydrogen-bond donors (Lipinski definition) is 2. The third-order valence-corrected chi connectivity index (χ3v) is 5.40. The van der Waals surface area contributed by atoms with E-state index in [1.54, 1.807) is 12.0 Å². The van der Waals surface area contributed by atoms with Gasteiger partial charge >= 0.3 is 6.03 Å². The Hall–Kier alpha value is -2.68. The molecule has 9 heteroatoms. The summed E-state index contributed by atoms with van der Waals surface area (Å²) in [6.45, 7) is 2.32. The van der Waals surface area contributed by atoms with E-state index in [0.717, 1.165) is 38.2 Å². The lowest BCUT2D eigenvalue weighted by atomic mass is 10.1. The van der Waals surface area contributed by atoms with E-state index < -0.39 is 0 Å². The number of aromatic nitrogens is 4. The van der Waals surface area contributed by atoms with Crippen LogP contribution in [0, 0.1) is 0 Å². The summed E-state index contributed by atoms with van der Waals surface area (Å²) >= 11 is 0. The van der Waals surface area contributed by atoms with Gasteiger partial charge < -0.3 is 19.9 Å². The van der Waals surface area contributed by atoms with Gasteiger partial charge in [-0.1, -0.05) is 6.07 Å². The monoisotopic (exact) mass is 371 g/mol. The van der Waals surface area contributed by atoms with Gasteiger partial charge in [0.2, 0.25) is 0 Å². The molecule has 0 radical (unpaired) electrons. The highest BCUT2D eigenvalue weighted by Crippen LogP contribution is 2.31. The van der Waals surface area contributed by atoms with Crippen molar-refractivity contribution in [3.8, 4) is 0 Å². The van der Waals surface area contributed by atoms with Crippen LogP contribution in [0.25, 0.3) is 0 Å². The highest BCUT2D eigenvalue weighted by atomic mass is 16.5. The van der Waals surface area contributed by atoms with Crippen molar-refractivity contribution in [1.82, 2.24) is 30.4 Å². The largest absolute Gasteiger partial charge is 0.380 e. The summed E-state index contributed by atoms with van der Waals surface area (Å²) in [6.07, 6.45) is 5.81. The number of nitrogens with zero attached hydrogens (tertiary/aromatic N) is 5. The predicted molar refractivity (Wildman–Crippen MR) is 99.2 cm³/mol. The van der Waals surface area contributed by atoms with Crippen molar-refractivity contribution in [2.45, 2.75) is 37.5 Å². The first-order valence-electron chi connectivity index (χ1n) is 9.35. The number of nitrogens with one attached hydrogen (secondary N) is 2. The van der Waals surface area contributed by atoms with Crippen LogP contribution in [0.3, 0.4) is 0 Å². The topological polar surface area (TPSA) is 99.3 Å². The number of rotatable bonds is 4. The van der Waals surface area contributed by atoms with Crippen LogP contribution < -0.4 is 10.2 Å². The molecule has 2 saturated heterocycles. The van der Waals surface area contributed by atoms with Gasteiger partial charge in [0.25, 0.3) is 0 Å². The lowest BCUT2D eigenvalue weighted by Crippen LogP contribution is -2.49. The molecule has 4 heterocycles. The second kappa shape index (κ2) is 7.91. The van der Waals surface area contributed by atoms with Gasteiger partial charge in [0, 0.05) is 45.4 Å². The molecule has 2 N–H and O–H groups in total. The van der Waals surface area contributed by atoms with E-state index in [9.17, 15) is 4.79 Å². The fourth-order valence-electron chi connectivity index (χ4n) is 3.88. The molecule has 4 rings (SSSR count). The second-order valence-corrected chi connectivity index (χ2v) is 7.03. The summed E-state index contributed by atoms with van der Waals surface area (Å²) in [5.41, 5.74) is 0. The van der Waals surface area contributed by atoms with Gasteiger partial charge in [-0.3, -0.25) is 5.10 Å². The number of hydrogen-bond acceptors (Lipinski definition) is 6. The minimum atomic E-state index is -0.133. The molecule has 2 amide bonds. The number of ether oxygens (including phenoxy) is 1. The van der Waals surface area contributed by atoms with Gasteiger partial charge in [-0.2, -0.15) is 5.10 Å². The van der Waals surface area contributed by atoms with Crippen LogP contribution >= 0.6 is 0 Å². The summed E-state index contributed by atoms with van der Waals surface area (Å²) < 4.78 is 5.48. The Labute approximate surface area is 158 Å². The molecule has 0 spiro atoms. The van der Waals surface area contributed by atoms with Crippen molar-refractivity contribution >= 4 is 11.8 Å². The standard InChI is InChI=1S/C18H25N7O2/c1-27-14-10-15(17-20-12-21-23-17)25(11-14)18(26)22-13-5-8-24(9-6-13)16-4-2-3-7-19-16/h2-4,7,12-15H,5-6,8-11H2,1H3,(H,22,26)(H,20,21,23)/t14-,15+/m1/s1. The van der Waals surface area contributed by atoms with Crippen molar-refractivity contribution in [2.24, 2.45) is 0 Å². The van der Waals surface area contributed by atoms with Gasteiger partial charge in [0.1, 0.15) is 18.0 Å². The third-order valence-electron chi connectivity index (χ3n) is 5.40. The van der Waals surface area contributed by atoms with Crippen LogP contribution in [0.2, 0.25) is 0 Å². The van der Waals surface area contributed by atoms with Crippen LogP contribution in [-0.2, 0) is 4.74 Å². The van der Waals surface area contributed by atoms with E-state index in [4.69, 9.17) is 4.74 Å². The number of pyridine rings is 1. The van der Waals surface area contributed by atoms with Gasteiger partial charge in [-0.05, 0) is 25.0 Å². The Morgan fingerprint density at radius 3 is 2.81 bits per heavy atom. The molecule has 9 nitrogen and oxygen atoms in total. The normalized spacial score (nSPS) is 23.6. The minimum Gasteiger partial charge on any atom is -0.380 e. The Bertz CT molecular complexity index is 731. The summed E-state index contributed by atoms with van der Waals surface area (Å²) in [5, 5.41) is 9.99. The van der Waals surface area contributed by atoms with E-state index in [-0.39, 0.29) is 24.2 Å². The molecule has 2 fully saturated rings. The van der Waals surface area contributed by atoms with Crippen molar-refractivity contribution in [1.29, 1.82) is 0 Å². The van der Waals surface area contributed by atoms with Crippen LogP contribution in [0.1, 0.15) is 31.1 Å². The number of amides is 2. The summed E-state index contributed by atoms with van der Waals surface area (Å²) in [5.74, 6) is 1.70. The number of anilines is 1. The van der Waals surface area contributed by atoms with Crippen LogP contribution in [0.4, 0.5) is 10.6 Å². The van der Waals surface area contributed by atoms with E-state index in [2.05, 4.69) is 30.4 Å². The van der Waals surface area contributed by atoms with Gasteiger partial charge in [0.05, 0.1) is 12.1 Å². The smallest absolute Gasteiger partial charge is 0.318 e. The summed E-state index contributed by atoms with van der Waals surface area (Å²) in [4.78, 5) is 25.6. The zero-order valence-corrected chi connectivity index (χ0v) is 15.4.